The third-order valence-electron chi connectivity index (χ3n) is 4.04. The first-order chi connectivity index (χ1) is 11.2. The summed E-state index contributed by atoms with van der Waals surface area (Å²) in [6.45, 7) is 6.33. The van der Waals surface area contributed by atoms with Gasteiger partial charge in [0, 0.05) is 50.5 Å². The zero-order valence-corrected chi connectivity index (χ0v) is 13.6. The maximum absolute atomic E-state index is 13.0. The molecule has 24 heavy (non-hydrogen) atoms. The van der Waals surface area contributed by atoms with Gasteiger partial charge in [0.2, 0.25) is 0 Å². The van der Waals surface area contributed by atoms with Gasteiger partial charge in [-0.05, 0) is 26.1 Å². The molecule has 134 valence electrons. The largest absolute Gasteiger partial charge is 0.423 e. The molecule has 1 aromatic rings. The highest BCUT2D eigenvalue weighted by atomic mass is 19.4. The summed E-state index contributed by atoms with van der Waals surface area (Å²) >= 11 is 0. The minimum atomic E-state index is -4.76. The first-order valence-electron chi connectivity index (χ1n) is 7.70. The first kappa shape index (κ1) is 18.5. The summed E-state index contributed by atoms with van der Waals surface area (Å²) in [7, 11) is 2.05. The van der Waals surface area contributed by atoms with E-state index in [-0.39, 0.29) is 11.7 Å². The number of rotatable bonds is 5. The molecule has 1 N–H and O–H groups in total. The summed E-state index contributed by atoms with van der Waals surface area (Å²) in [4.78, 5) is 14.2. The van der Waals surface area contributed by atoms with Crippen molar-refractivity contribution >= 4 is 11.4 Å². The number of nitrogens with zero attached hydrogens (tertiary/aromatic N) is 3. The highest BCUT2D eigenvalue weighted by Gasteiger charge is 2.38. The SMILES string of the molecule is C[C@H](CN1CCN(C)CC1)Nc1ccc([N+](=O)[O-])c(C(F)(F)F)c1. The van der Waals surface area contributed by atoms with Crippen molar-refractivity contribution in [3.8, 4) is 0 Å². The number of nitrogens with one attached hydrogen (secondary N) is 1. The molecule has 0 aromatic heterocycles. The lowest BCUT2D eigenvalue weighted by Crippen LogP contribution is -2.47. The fourth-order valence-electron chi connectivity index (χ4n) is 2.76. The van der Waals surface area contributed by atoms with E-state index in [1.54, 1.807) is 0 Å². The normalized spacial score (nSPS) is 18.4. The number of anilines is 1. The van der Waals surface area contributed by atoms with E-state index < -0.39 is 22.4 Å². The second-order valence-electron chi connectivity index (χ2n) is 6.14. The van der Waals surface area contributed by atoms with Gasteiger partial charge in [-0.3, -0.25) is 15.0 Å². The molecule has 0 aliphatic carbocycles. The van der Waals surface area contributed by atoms with E-state index in [9.17, 15) is 23.3 Å². The Morgan fingerprint density at radius 3 is 2.46 bits per heavy atom. The van der Waals surface area contributed by atoms with Gasteiger partial charge in [0.25, 0.3) is 5.69 Å². The molecule has 0 saturated carbocycles. The van der Waals surface area contributed by atoms with E-state index in [4.69, 9.17) is 0 Å². The summed E-state index contributed by atoms with van der Waals surface area (Å²) in [5.41, 5.74) is -1.93. The zero-order valence-electron chi connectivity index (χ0n) is 13.6. The number of hydrogen-bond donors (Lipinski definition) is 1. The quantitative estimate of drug-likeness (QED) is 0.656. The van der Waals surface area contributed by atoms with Gasteiger partial charge in [-0.2, -0.15) is 13.2 Å². The van der Waals surface area contributed by atoms with E-state index in [1.807, 2.05) is 6.92 Å². The Morgan fingerprint density at radius 2 is 1.92 bits per heavy atom. The van der Waals surface area contributed by atoms with E-state index in [2.05, 4.69) is 22.2 Å². The summed E-state index contributed by atoms with van der Waals surface area (Å²) in [6.07, 6.45) is -4.76. The monoisotopic (exact) mass is 346 g/mol. The summed E-state index contributed by atoms with van der Waals surface area (Å²) < 4.78 is 39.0. The van der Waals surface area contributed by atoms with Gasteiger partial charge in [-0.15, -0.1) is 0 Å². The van der Waals surface area contributed by atoms with E-state index in [0.29, 0.717) is 6.54 Å². The third kappa shape index (κ3) is 4.81. The van der Waals surface area contributed by atoms with Crippen molar-refractivity contribution in [1.82, 2.24) is 9.80 Å². The van der Waals surface area contributed by atoms with Crippen molar-refractivity contribution in [2.24, 2.45) is 0 Å². The molecule has 0 bridgehead atoms. The van der Waals surface area contributed by atoms with Crippen molar-refractivity contribution < 1.29 is 18.1 Å². The smallest absolute Gasteiger partial charge is 0.381 e. The average molecular weight is 346 g/mol. The minimum absolute atomic E-state index is 0.0732. The van der Waals surface area contributed by atoms with Crippen LogP contribution in [0.2, 0.25) is 0 Å². The standard InChI is InChI=1S/C15H21F3N4O2/c1-11(10-21-7-5-20(2)6-8-21)19-12-3-4-14(22(23)24)13(9-12)15(16,17)18/h3-4,9,11,19H,5-8,10H2,1-2H3/t11-/m1/s1. The molecule has 9 heteroatoms. The number of nitro benzene ring substituents is 1. The number of likely N-dealkylation sites (N-methyl/N-ethyl adjacent to an activating group) is 1. The molecule has 0 spiro atoms. The average Bonchev–Trinajstić information content (AvgIpc) is 2.48. The fourth-order valence-corrected chi connectivity index (χ4v) is 2.76. The van der Waals surface area contributed by atoms with Crippen LogP contribution in [0.4, 0.5) is 24.5 Å². The lowest BCUT2D eigenvalue weighted by molar-refractivity contribution is -0.388. The van der Waals surface area contributed by atoms with Crippen LogP contribution in [0.5, 0.6) is 0 Å². The van der Waals surface area contributed by atoms with E-state index in [1.165, 1.54) is 6.07 Å². The molecule has 0 radical (unpaired) electrons. The second kappa shape index (κ2) is 7.35. The molecule has 0 unspecified atom stereocenters. The predicted molar refractivity (Wildman–Crippen MR) is 85.1 cm³/mol. The van der Waals surface area contributed by atoms with Crippen molar-refractivity contribution in [2.45, 2.75) is 19.1 Å². The molecule has 1 aliphatic rings. The molecule has 6 nitrogen and oxygen atoms in total. The number of hydrogen-bond acceptors (Lipinski definition) is 5. The van der Waals surface area contributed by atoms with Crippen molar-refractivity contribution in [3.63, 3.8) is 0 Å². The van der Waals surface area contributed by atoms with Gasteiger partial charge in [-0.1, -0.05) is 0 Å². The van der Waals surface area contributed by atoms with Crippen LogP contribution >= 0.6 is 0 Å². The lowest BCUT2D eigenvalue weighted by atomic mass is 10.1. The van der Waals surface area contributed by atoms with Gasteiger partial charge in [0.15, 0.2) is 0 Å². The Bertz CT molecular complexity index is 587. The summed E-state index contributed by atoms with van der Waals surface area (Å²) in [6, 6.07) is 2.94. The molecule has 1 aromatic carbocycles. The number of benzene rings is 1. The van der Waals surface area contributed by atoms with E-state index >= 15 is 0 Å². The summed E-state index contributed by atoms with van der Waals surface area (Å²) in [5.74, 6) is 0. The van der Waals surface area contributed by atoms with Crippen molar-refractivity contribution in [3.05, 3.63) is 33.9 Å². The Balaban J connectivity index is 2.05. The van der Waals surface area contributed by atoms with Crippen LogP contribution < -0.4 is 5.32 Å². The van der Waals surface area contributed by atoms with Crippen LogP contribution in [0.1, 0.15) is 12.5 Å². The molecule has 1 saturated heterocycles. The van der Waals surface area contributed by atoms with Crippen molar-refractivity contribution in [1.29, 1.82) is 0 Å². The highest BCUT2D eigenvalue weighted by Crippen LogP contribution is 2.37. The van der Waals surface area contributed by atoms with Gasteiger partial charge in [0.05, 0.1) is 4.92 Å². The van der Waals surface area contributed by atoms with Crippen LogP contribution in [0.25, 0.3) is 0 Å². The topological polar surface area (TPSA) is 61.6 Å². The third-order valence-corrected chi connectivity index (χ3v) is 4.04. The first-order valence-corrected chi connectivity index (χ1v) is 7.70. The number of alkyl halides is 3. The van der Waals surface area contributed by atoms with Crippen LogP contribution in [0.15, 0.2) is 18.2 Å². The highest BCUT2D eigenvalue weighted by molar-refractivity contribution is 5.55. The van der Waals surface area contributed by atoms with Crippen LogP contribution in [-0.2, 0) is 6.18 Å². The Labute approximate surface area is 138 Å². The Kier molecular flexibility index (Phi) is 5.66. The van der Waals surface area contributed by atoms with Crippen LogP contribution in [-0.4, -0.2) is 60.5 Å². The van der Waals surface area contributed by atoms with Gasteiger partial charge in [-0.25, -0.2) is 0 Å². The van der Waals surface area contributed by atoms with Crippen LogP contribution in [0.3, 0.4) is 0 Å². The van der Waals surface area contributed by atoms with Crippen molar-refractivity contribution in [2.75, 3.05) is 45.1 Å². The van der Waals surface area contributed by atoms with Crippen LogP contribution in [0, 0.1) is 10.1 Å². The fraction of sp³-hybridized carbons (Fsp3) is 0.600. The maximum atomic E-state index is 13.0. The molecule has 1 fully saturated rings. The zero-order chi connectivity index (χ0) is 17.9. The number of piperazine rings is 1. The Morgan fingerprint density at radius 1 is 1.29 bits per heavy atom. The molecule has 2 rings (SSSR count). The Hall–Kier alpha value is -1.87. The molecular formula is C15H21F3N4O2. The molecule has 0 amide bonds. The lowest BCUT2D eigenvalue weighted by Gasteiger charge is -2.34. The molecule has 1 aliphatic heterocycles. The predicted octanol–water partition coefficient (Wildman–Crippen LogP) is 2.66. The number of halogens is 3. The maximum Gasteiger partial charge on any atom is 0.423 e. The molecular weight excluding hydrogens is 325 g/mol. The van der Waals surface area contributed by atoms with E-state index in [0.717, 1.165) is 38.3 Å². The second-order valence-corrected chi connectivity index (χ2v) is 6.14. The van der Waals surface area contributed by atoms with Gasteiger partial charge < -0.3 is 10.2 Å². The molecule has 1 heterocycles. The number of nitro groups is 1. The molecule has 1 atom stereocenters. The van der Waals surface area contributed by atoms with Gasteiger partial charge in [0.1, 0.15) is 5.56 Å². The minimum Gasteiger partial charge on any atom is -0.381 e. The van der Waals surface area contributed by atoms with Gasteiger partial charge >= 0.3 is 6.18 Å². The summed E-state index contributed by atoms with van der Waals surface area (Å²) in [5, 5.41) is 13.8.